The number of hydrogen-bond acceptors (Lipinski definition) is 7. The number of nitrogens with zero attached hydrogens (tertiary/aromatic N) is 2. The van der Waals surface area contributed by atoms with Crippen molar-refractivity contribution in [2.45, 2.75) is 45.1 Å². The smallest absolute Gasteiger partial charge is 0.408 e. The maximum absolute atomic E-state index is 14.1. The van der Waals surface area contributed by atoms with Crippen molar-refractivity contribution >= 4 is 29.6 Å². The summed E-state index contributed by atoms with van der Waals surface area (Å²) in [5.41, 5.74) is 2.83. The van der Waals surface area contributed by atoms with Crippen LogP contribution in [0.25, 0.3) is 0 Å². The average Bonchev–Trinajstić information content (AvgIpc) is 3.10. The zero-order valence-electron chi connectivity index (χ0n) is 26.0. The lowest BCUT2D eigenvalue weighted by molar-refractivity contribution is -0.143. The number of carbonyl (C=O) groups excluding carboxylic acids is 5. The van der Waals surface area contributed by atoms with Gasteiger partial charge in [-0.3, -0.25) is 24.2 Å². The summed E-state index contributed by atoms with van der Waals surface area (Å²) in [5.74, 6) is -2.90. The topological polar surface area (TPSA) is 147 Å². The molecule has 2 atom stereocenters. The first-order valence-corrected chi connectivity index (χ1v) is 15.1. The predicted molar refractivity (Wildman–Crippen MR) is 174 cm³/mol. The number of Topliss-reactive ketones (excluding diaryl/α,β-unsaturated/α-hetero) is 1. The van der Waals surface area contributed by atoms with Crippen LogP contribution in [0, 0.1) is 0 Å². The number of aromatic nitrogens is 1. The van der Waals surface area contributed by atoms with Crippen LogP contribution in [0.2, 0.25) is 0 Å². The van der Waals surface area contributed by atoms with Crippen LogP contribution in [0.5, 0.6) is 0 Å². The van der Waals surface area contributed by atoms with Gasteiger partial charge in [0.2, 0.25) is 17.6 Å². The molecule has 1 aromatic heterocycles. The Morgan fingerprint density at radius 2 is 1.34 bits per heavy atom. The number of benzene rings is 3. The first-order chi connectivity index (χ1) is 22.8. The number of alkyl carbamates (subject to hydrolysis) is 1. The Morgan fingerprint density at radius 1 is 0.745 bits per heavy atom. The summed E-state index contributed by atoms with van der Waals surface area (Å²) < 4.78 is 5.23. The van der Waals surface area contributed by atoms with Crippen LogP contribution in [0.1, 0.15) is 29.3 Å². The van der Waals surface area contributed by atoms with Crippen molar-refractivity contribution in [1.82, 2.24) is 25.8 Å². The van der Waals surface area contributed by atoms with Crippen molar-refractivity contribution in [3.63, 3.8) is 0 Å². The fourth-order valence-corrected chi connectivity index (χ4v) is 4.59. The largest absolute Gasteiger partial charge is 0.445 e. The molecule has 0 fully saturated rings. The van der Waals surface area contributed by atoms with E-state index in [0.29, 0.717) is 5.69 Å². The minimum absolute atomic E-state index is 0.00370. The summed E-state index contributed by atoms with van der Waals surface area (Å²) in [6.45, 7) is 1.11. The Kier molecular flexibility index (Phi) is 12.7. The molecule has 0 bridgehead atoms. The molecule has 4 rings (SSSR count). The lowest BCUT2D eigenvalue weighted by Gasteiger charge is -2.28. The summed E-state index contributed by atoms with van der Waals surface area (Å²) in [7, 11) is 0. The number of ether oxygens (including phenoxy) is 1. The van der Waals surface area contributed by atoms with E-state index >= 15 is 0 Å². The number of hydrogen-bond donors (Lipinski definition) is 3. The van der Waals surface area contributed by atoms with Crippen molar-refractivity contribution in [3.05, 3.63) is 138 Å². The van der Waals surface area contributed by atoms with Gasteiger partial charge in [-0.25, -0.2) is 4.79 Å². The molecule has 0 saturated heterocycles. The highest BCUT2D eigenvalue weighted by Crippen LogP contribution is 2.11. The SMILES string of the molecule is C[C@H](NC(=O)OCc1ccccc1)C(=O)N[C@@H](Cc1ccccn1)C(=O)N(CC(=O)C(=O)NCc1ccccc1)Cc1ccccc1. The minimum atomic E-state index is -1.18. The van der Waals surface area contributed by atoms with Crippen molar-refractivity contribution < 1.29 is 28.7 Å². The molecule has 11 heteroatoms. The highest BCUT2D eigenvalue weighted by molar-refractivity contribution is 6.37. The number of rotatable bonds is 15. The monoisotopic (exact) mass is 635 g/mol. The van der Waals surface area contributed by atoms with Gasteiger partial charge in [0.15, 0.2) is 0 Å². The third-order valence-electron chi connectivity index (χ3n) is 7.11. The molecule has 3 N–H and O–H groups in total. The lowest BCUT2D eigenvalue weighted by atomic mass is 10.1. The zero-order valence-corrected chi connectivity index (χ0v) is 26.0. The fraction of sp³-hybridized carbons (Fsp3) is 0.222. The zero-order chi connectivity index (χ0) is 33.4. The molecular formula is C36H37N5O6. The molecule has 0 unspecified atom stereocenters. The van der Waals surface area contributed by atoms with Gasteiger partial charge in [-0.05, 0) is 35.7 Å². The molecule has 242 valence electrons. The highest BCUT2D eigenvalue weighted by atomic mass is 16.5. The Hall–Kier alpha value is -5.84. The third kappa shape index (κ3) is 11.2. The number of carbonyl (C=O) groups is 5. The Morgan fingerprint density at radius 3 is 1.96 bits per heavy atom. The van der Waals surface area contributed by atoms with Gasteiger partial charge < -0.3 is 25.6 Å². The van der Waals surface area contributed by atoms with E-state index in [1.165, 1.54) is 11.8 Å². The van der Waals surface area contributed by atoms with E-state index in [9.17, 15) is 24.0 Å². The fourth-order valence-electron chi connectivity index (χ4n) is 4.59. The number of nitrogens with one attached hydrogen (secondary N) is 3. The molecule has 0 aliphatic heterocycles. The predicted octanol–water partition coefficient (Wildman–Crippen LogP) is 3.34. The van der Waals surface area contributed by atoms with E-state index in [-0.39, 0.29) is 26.1 Å². The molecule has 4 aromatic rings. The molecule has 0 aliphatic carbocycles. The third-order valence-corrected chi connectivity index (χ3v) is 7.11. The number of amides is 4. The quantitative estimate of drug-likeness (QED) is 0.170. The van der Waals surface area contributed by atoms with Crippen LogP contribution < -0.4 is 16.0 Å². The first-order valence-electron chi connectivity index (χ1n) is 15.1. The van der Waals surface area contributed by atoms with E-state index < -0.39 is 48.2 Å². The maximum atomic E-state index is 14.1. The molecule has 0 spiro atoms. The maximum Gasteiger partial charge on any atom is 0.408 e. The molecule has 0 aliphatic rings. The number of pyridine rings is 1. The second-order valence-electron chi connectivity index (χ2n) is 10.8. The van der Waals surface area contributed by atoms with Crippen LogP contribution >= 0.6 is 0 Å². The van der Waals surface area contributed by atoms with Crippen LogP contribution in [-0.4, -0.2) is 58.1 Å². The molecule has 3 aromatic carbocycles. The molecule has 47 heavy (non-hydrogen) atoms. The Bertz CT molecular complexity index is 1620. The first kappa shape index (κ1) is 34.0. The summed E-state index contributed by atoms with van der Waals surface area (Å²) in [4.78, 5) is 71.2. The van der Waals surface area contributed by atoms with Crippen molar-refractivity contribution in [2.24, 2.45) is 0 Å². The van der Waals surface area contributed by atoms with Crippen molar-refractivity contribution in [3.8, 4) is 0 Å². The lowest BCUT2D eigenvalue weighted by Crippen LogP contribution is -2.55. The van der Waals surface area contributed by atoms with Gasteiger partial charge in [0.05, 0.1) is 6.54 Å². The second kappa shape index (κ2) is 17.6. The van der Waals surface area contributed by atoms with E-state index in [4.69, 9.17) is 4.74 Å². The van der Waals surface area contributed by atoms with Gasteiger partial charge >= 0.3 is 6.09 Å². The minimum Gasteiger partial charge on any atom is -0.445 e. The van der Waals surface area contributed by atoms with E-state index in [0.717, 1.165) is 16.7 Å². The Labute approximate surface area is 273 Å². The number of ketones is 1. The molecule has 11 nitrogen and oxygen atoms in total. The van der Waals surface area contributed by atoms with Crippen LogP contribution in [-0.2, 0) is 50.0 Å². The van der Waals surface area contributed by atoms with Gasteiger partial charge in [-0.15, -0.1) is 0 Å². The van der Waals surface area contributed by atoms with Crippen LogP contribution in [0.15, 0.2) is 115 Å². The summed E-state index contributed by atoms with van der Waals surface area (Å²) in [6.07, 6.45) is 0.756. The standard InChI is InChI=1S/C36H37N5O6/c1-26(39-36(46)47-25-29-17-9-4-10-18-29)33(43)40-31(21-30-19-11-12-20-37-30)35(45)41(23-28-15-7-3-8-16-28)24-32(42)34(44)38-22-27-13-5-2-6-14-27/h2-20,26,31H,21-25H2,1H3,(H,38,44)(H,39,46)(H,40,43)/t26-,31-/m0/s1. The van der Waals surface area contributed by atoms with Gasteiger partial charge in [0.1, 0.15) is 18.7 Å². The summed E-state index contributed by atoms with van der Waals surface area (Å²) in [6, 6.07) is 30.1. The normalized spacial score (nSPS) is 11.8. The Balaban J connectivity index is 1.47. The van der Waals surface area contributed by atoms with Crippen molar-refractivity contribution in [2.75, 3.05) is 6.54 Å². The van der Waals surface area contributed by atoms with E-state index in [2.05, 4.69) is 20.9 Å². The highest BCUT2D eigenvalue weighted by Gasteiger charge is 2.31. The van der Waals surface area contributed by atoms with E-state index in [1.807, 2.05) is 54.6 Å². The van der Waals surface area contributed by atoms with E-state index in [1.54, 1.807) is 60.8 Å². The molecular weight excluding hydrogens is 598 g/mol. The van der Waals surface area contributed by atoms with Gasteiger partial charge in [0, 0.05) is 31.4 Å². The van der Waals surface area contributed by atoms with Crippen LogP contribution in [0.4, 0.5) is 4.79 Å². The van der Waals surface area contributed by atoms with Crippen molar-refractivity contribution in [1.29, 1.82) is 0 Å². The summed E-state index contributed by atoms with van der Waals surface area (Å²) in [5, 5.41) is 7.79. The molecule has 0 radical (unpaired) electrons. The van der Waals surface area contributed by atoms with Crippen LogP contribution in [0.3, 0.4) is 0 Å². The molecule has 0 saturated carbocycles. The van der Waals surface area contributed by atoms with Gasteiger partial charge in [-0.1, -0.05) is 97.1 Å². The van der Waals surface area contributed by atoms with Gasteiger partial charge in [-0.2, -0.15) is 0 Å². The average molecular weight is 636 g/mol. The second-order valence-corrected chi connectivity index (χ2v) is 10.8. The van der Waals surface area contributed by atoms with Gasteiger partial charge in [0.25, 0.3) is 5.91 Å². The molecule has 4 amide bonds. The summed E-state index contributed by atoms with van der Waals surface area (Å²) >= 11 is 0. The molecule has 1 heterocycles.